The van der Waals surface area contributed by atoms with E-state index in [0.717, 1.165) is 28.6 Å². The van der Waals surface area contributed by atoms with Gasteiger partial charge in [0.2, 0.25) is 0 Å². The van der Waals surface area contributed by atoms with Crippen molar-refractivity contribution in [2.24, 2.45) is 5.92 Å². The van der Waals surface area contributed by atoms with Gasteiger partial charge in [-0.3, -0.25) is 9.89 Å². The molecule has 0 aliphatic rings. The molecule has 0 spiro atoms. The van der Waals surface area contributed by atoms with Gasteiger partial charge in [-0.1, -0.05) is 13.8 Å². The summed E-state index contributed by atoms with van der Waals surface area (Å²) in [6.45, 7) is 5.92. The monoisotopic (exact) mass is 216 g/mol. The molecule has 0 atom stereocenters. The predicted molar refractivity (Wildman–Crippen MR) is 64.6 cm³/mol. The number of H-pyrrole nitrogens is 1. The zero-order valence-electron chi connectivity index (χ0n) is 9.87. The molecule has 2 rings (SSSR count). The summed E-state index contributed by atoms with van der Waals surface area (Å²) in [5.41, 5.74) is 2.80. The van der Waals surface area contributed by atoms with Crippen molar-refractivity contribution < 1.29 is 4.79 Å². The lowest BCUT2D eigenvalue weighted by atomic mass is 10.0. The van der Waals surface area contributed by atoms with E-state index in [1.54, 1.807) is 6.92 Å². The van der Waals surface area contributed by atoms with Crippen molar-refractivity contribution in [1.82, 2.24) is 10.2 Å². The standard InChI is InChI=1S/C13H16N2O/c1-8(2)6-13-11-7-10(9(3)16)4-5-12(11)14-15-13/h4-5,7-8H,6H2,1-3H3,(H,14,15). The Labute approximate surface area is 94.9 Å². The third-order valence-electron chi connectivity index (χ3n) is 2.65. The highest BCUT2D eigenvalue weighted by atomic mass is 16.1. The molecule has 0 bridgehead atoms. The van der Waals surface area contributed by atoms with Crippen LogP contribution in [-0.4, -0.2) is 16.0 Å². The van der Waals surface area contributed by atoms with E-state index in [1.165, 1.54) is 0 Å². The first-order valence-electron chi connectivity index (χ1n) is 5.56. The Hall–Kier alpha value is -1.64. The minimum atomic E-state index is 0.0959. The first kappa shape index (κ1) is 10.9. The number of hydrogen-bond acceptors (Lipinski definition) is 2. The Morgan fingerprint density at radius 1 is 1.44 bits per heavy atom. The smallest absolute Gasteiger partial charge is 0.159 e. The first-order chi connectivity index (χ1) is 7.58. The molecule has 0 saturated heterocycles. The van der Waals surface area contributed by atoms with E-state index in [-0.39, 0.29) is 5.78 Å². The van der Waals surface area contributed by atoms with Crippen molar-refractivity contribution in [2.75, 3.05) is 0 Å². The van der Waals surface area contributed by atoms with Gasteiger partial charge in [0.15, 0.2) is 5.78 Å². The van der Waals surface area contributed by atoms with Crippen LogP contribution in [0, 0.1) is 5.92 Å². The number of hydrogen-bond donors (Lipinski definition) is 1. The summed E-state index contributed by atoms with van der Waals surface area (Å²) >= 11 is 0. The van der Waals surface area contributed by atoms with E-state index in [0.29, 0.717) is 5.92 Å². The lowest BCUT2D eigenvalue weighted by Crippen LogP contribution is -1.96. The second-order valence-corrected chi connectivity index (χ2v) is 4.59. The SMILES string of the molecule is CC(=O)c1ccc2n[nH]c(CC(C)C)c2c1. The molecule has 3 nitrogen and oxygen atoms in total. The number of nitrogens with one attached hydrogen (secondary N) is 1. The first-order valence-corrected chi connectivity index (χ1v) is 5.56. The lowest BCUT2D eigenvalue weighted by Gasteiger charge is -2.02. The van der Waals surface area contributed by atoms with Gasteiger partial charge < -0.3 is 0 Å². The van der Waals surface area contributed by atoms with Crippen LogP contribution in [0.25, 0.3) is 10.9 Å². The second-order valence-electron chi connectivity index (χ2n) is 4.59. The molecule has 3 heteroatoms. The number of nitrogens with zero attached hydrogens (tertiary/aromatic N) is 1. The van der Waals surface area contributed by atoms with Gasteiger partial charge in [0, 0.05) is 16.6 Å². The summed E-state index contributed by atoms with van der Waals surface area (Å²) in [6.07, 6.45) is 0.956. The molecule has 0 fully saturated rings. The molecule has 1 aromatic carbocycles. The van der Waals surface area contributed by atoms with E-state index >= 15 is 0 Å². The van der Waals surface area contributed by atoms with Gasteiger partial charge in [0.1, 0.15) is 0 Å². The van der Waals surface area contributed by atoms with Crippen LogP contribution < -0.4 is 0 Å². The minimum absolute atomic E-state index is 0.0959. The Kier molecular flexibility index (Phi) is 2.77. The number of carbonyl (C=O) groups excluding carboxylic acids is 1. The molecule has 0 aliphatic heterocycles. The second kappa shape index (κ2) is 4.08. The fraction of sp³-hybridized carbons (Fsp3) is 0.385. The number of benzene rings is 1. The van der Waals surface area contributed by atoms with Crippen molar-refractivity contribution in [1.29, 1.82) is 0 Å². The highest BCUT2D eigenvalue weighted by Gasteiger charge is 2.09. The van der Waals surface area contributed by atoms with Gasteiger partial charge in [-0.15, -0.1) is 0 Å². The van der Waals surface area contributed by atoms with Crippen LogP contribution in [0.15, 0.2) is 18.2 Å². The molecule has 0 aliphatic carbocycles. The van der Waals surface area contributed by atoms with Gasteiger partial charge >= 0.3 is 0 Å². The molecular formula is C13H16N2O. The Morgan fingerprint density at radius 3 is 2.81 bits per heavy atom. The average Bonchev–Trinajstić information content (AvgIpc) is 2.60. The van der Waals surface area contributed by atoms with Crippen LogP contribution in [0.2, 0.25) is 0 Å². The van der Waals surface area contributed by atoms with Crippen molar-refractivity contribution in [2.45, 2.75) is 27.2 Å². The van der Waals surface area contributed by atoms with Crippen LogP contribution in [0.4, 0.5) is 0 Å². The Balaban J connectivity index is 2.51. The summed E-state index contributed by atoms with van der Waals surface area (Å²) in [7, 11) is 0. The van der Waals surface area contributed by atoms with Crippen molar-refractivity contribution in [3.8, 4) is 0 Å². The summed E-state index contributed by atoms with van der Waals surface area (Å²) in [5.74, 6) is 0.670. The normalized spacial score (nSPS) is 11.2. The van der Waals surface area contributed by atoms with Crippen molar-refractivity contribution in [3.05, 3.63) is 29.5 Å². The maximum atomic E-state index is 11.3. The quantitative estimate of drug-likeness (QED) is 0.802. The molecule has 1 N–H and O–H groups in total. The third-order valence-corrected chi connectivity index (χ3v) is 2.65. The minimum Gasteiger partial charge on any atom is -0.295 e. The fourth-order valence-electron chi connectivity index (χ4n) is 1.85. The molecule has 0 amide bonds. The summed E-state index contributed by atoms with van der Waals surface area (Å²) < 4.78 is 0. The van der Waals surface area contributed by atoms with E-state index in [1.807, 2.05) is 18.2 Å². The number of ketones is 1. The molecule has 16 heavy (non-hydrogen) atoms. The predicted octanol–water partition coefficient (Wildman–Crippen LogP) is 2.96. The molecule has 1 heterocycles. The maximum Gasteiger partial charge on any atom is 0.159 e. The number of rotatable bonds is 3. The van der Waals surface area contributed by atoms with Gasteiger partial charge in [0.05, 0.1) is 5.52 Å². The summed E-state index contributed by atoms with van der Waals surface area (Å²) in [5, 5.41) is 8.36. The molecule has 0 radical (unpaired) electrons. The number of aromatic nitrogens is 2. The Morgan fingerprint density at radius 2 is 2.19 bits per heavy atom. The lowest BCUT2D eigenvalue weighted by molar-refractivity contribution is 0.101. The fourth-order valence-corrected chi connectivity index (χ4v) is 1.85. The van der Waals surface area contributed by atoms with E-state index < -0.39 is 0 Å². The van der Waals surface area contributed by atoms with Gasteiger partial charge in [-0.05, 0) is 37.5 Å². The van der Waals surface area contributed by atoms with Crippen molar-refractivity contribution in [3.63, 3.8) is 0 Å². The van der Waals surface area contributed by atoms with Crippen LogP contribution in [0.5, 0.6) is 0 Å². The highest BCUT2D eigenvalue weighted by molar-refractivity contribution is 5.98. The largest absolute Gasteiger partial charge is 0.295 e. The molecule has 2 aromatic rings. The number of Topliss-reactive ketones (excluding diaryl/α,β-unsaturated/α-hetero) is 1. The number of carbonyl (C=O) groups is 1. The molecule has 1 aromatic heterocycles. The average molecular weight is 216 g/mol. The van der Waals surface area contributed by atoms with E-state index in [9.17, 15) is 4.79 Å². The molecular weight excluding hydrogens is 200 g/mol. The van der Waals surface area contributed by atoms with Crippen LogP contribution >= 0.6 is 0 Å². The van der Waals surface area contributed by atoms with Crippen LogP contribution in [0.3, 0.4) is 0 Å². The molecule has 0 unspecified atom stereocenters. The summed E-state index contributed by atoms with van der Waals surface area (Å²) in [4.78, 5) is 11.3. The zero-order chi connectivity index (χ0) is 11.7. The highest BCUT2D eigenvalue weighted by Crippen LogP contribution is 2.20. The molecule has 0 saturated carbocycles. The third kappa shape index (κ3) is 1.98. The number of fused-ring (bicyclic) bond motifs is 1. The van der Waals surface area contributed by atoms with E-state index in [2.05, 4.69) is 24.0 Å². The van der Waals surface area contributed by atoms with E-state index in [4.69, 9.17) is 0 Å². The zero-order valence-corrected chi connectivity index (χ0v) is 9.87. The Bertz CT molecular complexity index is 526. The van der Waals surface area contributed by atoms with Gasteiger partial charge in [-0.2, -0.15) is 5.10 Å². The van der Waals surface area contributed by atoms with Crippen molar-refractivity contribution >= 4 is 16.7 Å². The van der Waals surface area contributed by atoms with Gasteiger partial charge in [0.25, 0.3) is 0 Å². The maximum absolute atomic E-state index is 11.3. The van der Waals surface area contributed by atoms with Crippen LogP contribution in [0.1, 0.15) is 36.8 Å². The summed E-state index contributed by atoms with van der Waals surface area (Å²) in [6, 6.07) is 5.65. The number of aromatic amines is 1. The molecule has 84 valence electrons. The van der Waals surface area contributed by atoms with Gasteiger partial charge in [-0.25, -0.2) is 0 Å². The van der Waals surface area contributed by atoms with Crippen LogP contribution in [-0.2, 0) is 6.42 Å². The topological polar surface area (TPSA) is 45.8 Å².